The van der Waals surface area contributed by atoms with E-state index in [1.807, 2.05) is 0 Å². The molecule has 0 radical (unpaired) electrons. The minimum Gasteiger partial charge on any atom is -0.469 e. The highest BCUT2D eigenvalue weighted by Crippen LogP contribution is 2.24. The number of nitrogens with zero attached hydrogens (tertiary/aromatic N) is 1. The SMILES string of the molecule is COC(=O)Cc1cccc(N2CCO[C@H]([C@@H](O)C(=O)Nc3ccc4c(c3)CNC4=N)C2=O)c1. The molecular weight excluding hydrogens is 428 g/mol. The molecule has 1 fully saturated rings. The Morgan fingerprint density at radius 1 is 1.33 bits per heavy atom. The molecule has 172 valence electrons. The minimum atomic E-state index is -1.72. The summed E-state index contributed by atoms with van der Waals surface area (Å²) in [6.45, 7) is 0.860. The Bertz CT molecular complexity index is 1120. The molecule has 2 aliphatic rings. The van der Waals surface area contributed by atoms with E-state index in [2.05, 4.69) is 15.4 Å². The zero-order chi connectivity index (χ0) is 23.5. The second-order valence-corrected chi connectivity index (χ2v) is 7.74. The third kappa shape index (κ3) is 4.71. The van der Waals surface area contributed by atoms with E-state index in [0.29, 0.717) is 29.3 Å². The largest absolute Gasteiger partial charge is 0.469 e. The standard InChI is InChI=1S/C23H24N4O6/c1-32-18(28)10-13-3-2-4-16(9-13)27-7-8-33-20(23(27)31)19(29)22(30)26-15-5-6-17-14(11-15)12-25-21(17)24/h2-6,9,11,19-20,29H,7-8,10,12H2,1H3,(H2,24,25)(H,26,30)/t19-,20-/m1/s1. The molecule has 4 rings (SSSR count). The summed E-state index contributed by atoms with van der Waals surface area (Å²) < 4.78 is 10.1. The highest BCUT2D eigenvalue weighted by Gasteiger charge is 2.39. The average molecular weight is 452 g/mol. The number of carbonyl (C=O) groups excluding carboxylic acids is 3. The van der Waals surface area contributed by atoms with Crippen LogP contribution in [0.2, 0.25) is 0 Å². The van der Waals surface area contributed by atoms with Crippen LogP contribution < -0.4 is 15.5 Å². The molecule has 10 heteroatoms. The van der Waals surface area contributed by atoms with Gasteiger partial charge in [-0.1, -0.05) is 12.1 Å². The number of anilines is 2. The lowest BCUT2D eigenvalue weighted by Crippen LogP contribution is -2.55. The van der Waals surface area contributed by atoms with Crippen molar-refractivity contribution in [2.75, 3.05) is 30.5 Å². The third-order valence-corrected chi connectivity index (χ3v) is 5.57. The number of amidine groups is 1. The zero-order valence-electron chi connectivity index (χ0n) is 18.0. The molecule has 2 aromatic carbocycles. The number of hydrogen-bond donors (Lipinski definition) is 4. The van der Waals surface area contributed by atoms with Crippen LogP contribution >= 0.6 is 0 Å². The average Bonchev–Trinajstić information content (AvgIpc) is 3.18. The van der Waals surface area contributed by atoms with Gasteiger partial charge >= 0.3 is 5.97 Å². The summed E-state index contributed by atoms with van der Waals surface area (Å²) in [6.07, 6.45) is -3.02. The first-order valence-electron chi connectivity index (χ1n) is 10.4. The van der Waals surface area contributed by atoms with Crippen LogP contribution in [0.5, 0.6) is 0 Å². The fourth-order valence-electron chi connectivity index (χ4n) is 3.86. The number of morpholine rings is 1. The fraction of sp³-hybridized carbons (Fsp3) is 0.304. The number of fused-ring (bicyclic) bond motifs is 1. The topological polar surface area (TPSA) is 141 Å². The van der Waals surface area contributed by atoms with Gasteiger partial charge < -0.3 is 30.1 Å². The van der Waals surface area contributed by atoms with Gasteiger partial charge in [-0.05, 0) is 41.5 Å². The smallest absolute Gasteiger partial charge is 0.309 e. The molecular formula is C23H24N4O6. The molecule has 4 N–H and O–H groups in total. The summed E-state index contributed by atoms with van der Waals surface area (Å²) in [5, 5.41) is 23.9. The number of rotatable bonds is 6. The van der Waals surface area contributed by atoms with E-state index in [4.69, 9.17) is 10.1 Å². The molecule has 10 nitrogen and oxygen atoms in total. The number of hydrogen-bond acceptors (Lipinski definition) is 7. The van der Waals surface area contributed by atoms with Gasteiger partial charge in [0.05, 0.1) is 20.1 Å². The Hall–Kier alpha value is -3.76. The van der Waals surface area contributed by atoms with Gasteiger partial charge in [-0.3, -0.25) is 19.8 Å². The van der Waals surface area contributed by atoms with E-state index in [1.54, 1.807) is 42.5 Å². The van der Waals surface area contributed by atoms with Crippen molar-refractivity contribution in [2.45, 2.75) is 25.2 Å². The minimum absolute atomic E-state index is 0.0626. The van der Waals surface area contributed by atoms with Crippen molar-refractivity contribution in [2.24, 2.45) is 0 Å². The zero-order valence-corrected chi connectivity index (χ0v) is 18.0. The summed E-state index contributed by atoms with van der Waals surface area (Å²) in [5.41, 5.74) is 3.27. The predicted molar refractivity (Wildman–Crippen MR) is 119 cm³/mol. The molecule has 0 saturated carbocycles. The van der Waals surface area contributed by atoms with E-state index in [0.717, 1.165) is 11.1 Å². The van der Waals surface area contributed by atoms with Gasteiger partial charge in [0.2, 0.25) is 0 Å². The molecule has 0 bridgehead atoms. The van der Waals surface area contributed by atoms with Gasteiger partial charge in [-0.15, -0.1) is 0 Å². The van der Waals surface area contributed by atoms with Gasteiger partial charge in [-0.2, -0.15) is 0 Å². The van der Waals surface area contributed by atoms with Crippen LogP contribution in [0, 0.1) is 5.41 Å². The van der Waals surface area contributed by atoms with Gasteiger partial charge in [-0.25, -0.2) is 0 Å². The van der Waals surface area contributed by atoms with Crippen LogP contribution in [-0.4, -0.2) is 61.2 Å². The van der Waals surface area contributed by atoms with E-state index < -0.39 is 30.0 Å². The number of ether oxygens (including phenoxy) is 2. The van der Waals surface area contributed by atoms with Crippen LogP contribution in [0.4, 0.5) is 11.4 Å². The normalized spacial score (nSPS) is 18.4. The van der Waals surface area contributed by atoms with Crippen molar-refractivity contribution in [1.82, 2.24) is 5.32 Å². The molecule has 2 heterocycles. The lowest BCUT2D eigenvalue weighted by atomic mass is 10.1. The summed E-state index contributed by atoms with van der Waals surface area (Å²) in [4.78, 5) is 38.7. The first kappa shape index (κ1) is 22.4. The first-order valence-corrected chi connectivity index (χ1v) is 10.4. The Morgan fingerprint density at radius 3 is 2.94 bits per heavy atom. The summed E-state index contributed by atoms with van der Waals surface area (Å²) in [6, 6.07) is 11.9. The maximum atomic E-state index is 13.0. The van der Waals surface area contributed by atoms with Gasteiger partial charge in [0, 0.05) is 30.0 Å². The second kappa shape index (κ2) is 9.39. The van der Waals surface area contributed by atoms with Gasteiger partial charge in [0.25, 0.3) is 11.8 Å². The van der Waals surface area contributed by atoms with Crippen LogP contribution in [0.25, 0.3) is 0 Å². The Kier molecular flexibility index (Phi) is 6.38. The highest BCUT2D eigenvalue weighted by molar-refractivity contribution is 6.04. The number of esters is 1. The maximum Gasteiger partial charge on any atom is 0.309 e. The quantitative estimate of drug-likeness (QED) is 0.470. The Labute approximate surface area is 190 Å². The molecule has 0 aliphatic carbocycles. The monoisotopic (exact) mass is 452 g/mol. The van der Waals surface area contributed by atoms with E-state index in [-0.39, 0.29) is 19.6 Å². The Morgan fingerprint density at radius 2 is 2.15 bits per heavy atom. The molecule has 1 saturated heterocycles. The van der Waals surface area contributed by atoms with Crippen molar-refractivity contribution in [3.63, 3.8) is 0 Å². The van der Waals surface area contributed by atoms with Crippen LogP contribution in [0.1, 0.15) is 16.7 Å². The first-order chi connectivity index (χ1) is 15.9. The molecule has 2 aliphatic heterocycles. The molecule has 2 amide bonds. The highest BCUT2D eigenvalue weighted by atomic mass is 16.5. The molecule has 0 aromatic heterocycles. The predicted octanol–water partition coefficient (Wildman–Crippen LogP) is 0.562. The van der Waals surface area contributed by atoms with Gasteiger partial charge in [0.1, 0.15) is 5.84 Å². The number of carbonyl (C=O) groups is 3. The van der Waals surface area contributed by atoms with Crippen molar-refractivity contribution >= 4 is 35.0 Å². The molecule has 0 spiro atoms. The lowest BCUT2D eigenvalue weighted by Gasteiger charge is -2.34. The van der Waals surface area contributed by atoms with Crippen LogP contribution in [0.15, 0.2) is 42.5 Å². The number of aliphatic hydroxyl groups is 1. The van der Waals surface area contributed by atoms with E-state index in [1.165, 1.54) is 12.0 Å². The summed E-state index contributed by atoms with van der Waals surface area (Å²) >= 11 is 0. The van der Waals surface area contributed by atoms with Crippen molar-refractivity contribution in [3.05, 3.63) is 59.2 Å². The fourth-order valence-corrected chi connectivity index (χ4v) is 3.86. The molecule has 2 atom stereocenters. The van der Waals surface area contributed by atoms with E-state index >= 15 is 0 Å². The second-order valence-electron chi connectivity index (χ2n) is 7.74. The number of amides is 2. The lowest BCUT2D eigenvalue weighted by molar-refractivity contribution is -0.150. The molecule has 0 unspecified atom stereocenters. The third-order valence-electron chi connectivity index (χ3n) is 5.57. The number of nitrogens with one attached hydrogen (secondary N) is 3. The molecule has 2 aromatic rings. The van der Waals surface area contributed by atoms with Gasteiger partial charge in [0.15, 0.2) is 12.2 Å². The number of aliphatic hydroxyl groups excluding tert-OH is 1. The summed E-state index contributed by atoms with van der Waals surface area (Å²) in [7, 11) is 1.31. The summed E-state index contributed by atoms with van der Waals surface area (Å²) in [5.74, 6) is -1.40. The number of methoxy groups -OCH3 is 1. The van der Waals surface area contributed by atoms with E-state index in [9.17, 15) is 19.5 Å². The van der Waals surface area contributed by atoms with Crippen molar-refractivity contribution in [3.8, 4) is 0 Å². The number of benzene rings is 2. The Balaban J connectivity index is 1.45. The van der Waals surface area contributed by atoms with Crippen molar-refractivity contribution in [1.29, 1.82) is 5.41 Å². The maximum absolute atomic E-state index is 13.0. The van der Waals surface area contributed by atoms with Crippen LogP contribution in [0.3, 0.4) is 0 Å². The van der Waals surface area contributed by atoms with Crippen molar-refractivity contribution < 1.29 is 29.0 Å². The van der Waals surface area contributed by atoms with Crippen LogP contribution in [-0.2, 0) is 36.8 Å². The molecule has 33 heavy (non-hydrogen) atoms.